The van der Waals surface area contributed by atoms with Gasteiger partial charge in [-0.2, -0.15) is 8.42 Å². The van der Waals surface area contributed by atoms with Crippen LogP contribution in [0.4, 0.5) is 0 Å². The fourth-order valence-corrected chi connectivity index (χ4v) is 4.22. The molecular formula is C27H59NO4S. The minimum absolute atomic E-state index is 0.0935. The van der Waals surface area contributed by atoms with Gasteiger partial charge in [0.05, 0.1) is 6.61 Å². The van der Waals surface area contributed by atoms with Crippen molar-refractivity contribution >= 4 is 10.4 Å². The number of unbranched alkanes of at least 4 members (excludes halogenated alkanes) is 20. The third-order valence-electron chi connectivity index (χ3n) is 6.01. The number of hydrogen-bond donors (Lipinski definition) is 2. The lowest BCUT2D eigenvalue weighted by molar-refractivity contribution is 0.261. The average Bonchev–Trinajstić information content (AvgIpc) is 2.78. The highest BCUT2D eigenvalue weighted by molar-refractivity contribution is 7.80. The lowest BCUT2D eigenvalue weighted by Crippen LogP contribution is -2.06. The molecule has 0 amide bonds. The van der Waals surface area contributed by atoms with E-state index in [1.165, 1.54) is 129 Å². The van der Waals surface area contributed by atoms with E-state index in [2.05, 4.69) is 23.3 Å². The van der Waals surface area contributed by atoms with Crippen LogP contribution in [0.3, 0.4) is 0 Å². The predicted octanol–water partition coefficient (Wildman–Crippen LogP) is 8.63. The Morgan fingerprint density at radius 2 is 0.848 bits per heavy atom. The molecule has 0 atom stereocenters. The lowest BCUT2D eigenvalue weighted by Gasteiger charge is -2.02. The second-order valence-electron chi connectivity index (χ2n) is 9.42. The van der Waals surface area contributed by atoms with E-state index in [-0.39, 0.29) is 6.61 Å². The van der Waals surface area contributed by atoms with Crippen molar-refractivity contribution in [2.75, 3.05) is 20.2 Å². The quantitative estimate of drug-likeness (QED) is 0.0983. The van der Waals surface area contributed by atoms with Crippen LogP contribution in [-0.2, 0) is 14.6 Å². The summed E-state index contributed by atoms with van der Waals surface area (Å²) >= 11 is 0. The Bertz CT molecular complexity index is 431. The zero-order chi connectivity index (χ0) is 24.9. The maximum atomic E-state index is 10.3. The molecule has 5 nitrogen and oxygen atoms in total. The van der Waals surface area contributed by atoms with Crippen molar-refractivity contribution in [2.45, 2.75) is 155 Å². The Morgan fingerprint density at radius 3 is 1.15 bits per heavy atom. The van der Waals surface area contributed by atoms with Crippen LogP contribution in [-0.4, -0.2) is 33.2 Å². The molecule has 0 aromatic carbocycles. The third kappa shape index (κ3) is 39.3. The first kappa shape index (κ1) is 35.0. The number of nitrogens with one attached hydrogen (secondary N) is 1. The largest absolute Gasteiger partial charge is 0.397 e. The van der Waals surface area contributed by atoms with Crippen LogP contribution < -0.4 is 5.32 Å². The van der Waals surface area contributed by atoms with Crippen molar-refractivity contribution in [3.63, 3.8) is 0 Å². The van der Waals surface area contributed by atoms with Gasteiger partial charge in [-0.1, -0.05) is 142 Å². The van der Waals surface area contributed by atoms with Gasteiger partial charge in [0, 0.05) is 0 Å². The van der Waals surface area contributed by atoms with Crippen LogP contribution in [0.2, 0.25) is 0 Å². The second kappa shape index (κ2) is 29.9. The molecule has 0 spiro atoms. The van der Waals surface area contributed by atoms with Gasteiger partial charge in [0.25, 0.3) is 0 Å². The van der Waals surface area contributed by atoms with Crippen LogP contribution in [0, 0.1) is 0 Å². The minimum Gasteiger partial charge on any atom is -0.320 e. The Kier molecular flexibility index (Phi) is 31.7. The third-order valence-corrected chi connectivity index (χ3v) is 6.48. The smallest absolute Gasteiger partial charge is 0.320 e. The van der Waals surface area contributed by atoms with Crippen molar-refractivity contribution in [1.29, 1.82) is 0 Å². The summed E-state index contributed by atoms with van der Waals surface area (Å²) in [6.07, 6.45) is 29.0. The monoisotopic (exact) mass is 493 g/mol. The summed E-state index contributed by atoms with van der Waals surface area (Å²) in [5.41, 5.74) is 0. The molecule has 0 saturated heterocycles. The lowest BCUT2D eigenvalue weighted by atomic mass is 10.1. The van der Waals surface area contributed by atoms with E-state index < -0.39 is 10.4 Å². The standard InChI is InChI=1S/C14H30O4S.C13H29N/c1-2-3-4-5-6-7-8-9-10-11-12-13-14-18-19(15,16)17;1-3-4-5-6-7-8-9-10-11-12-13-14-2/h2-14H2,1H3,(H,15,16,17);14H,3-13H2,1-2H3. The summed E-state index contributed by atoms with van der Waals surface area (Å²) in [7, 11) is -2.20. The highest BCUT2D eigenvalue weighted by Gasteiger charge is 2.02. The molecule has 202 valence electrons. The van der Waals surface area contributed by atoms with Crippen molar-refractivity contribution in [1.82, 2.24) is 5.32 Å². The molecule has 0 radical (unpaired) electrons. The maximum absolute atomic E-state index is 10.3. The van der Waals surface area contributed by atoms with Gasteiger partial charge in [0.2, 0.25) is 0 Å². The van der Waals surface area contributed by atoms with Crippen molar-refractivity contribution in [3.05, 3.63) is 0 Å². The fraction of sp³-hybridized carbons (Fsp3) is 1.00. The average molecular weight is 494 g/mol. The molecule has 0 fully saturated rings. The van der Waals surface area contributed by atoms with E-state index >= 15 is 0 Å². The molecule has 0 saturated carbocycles. The van der Waals surface area contributed by atoms with Crippen molar-refractivity contribution < 1.29 is 17.2 Å². The van der Waals surface area contributed by atoms with Gasteiger partial charge >= 0.3 is 10.4 Å². The highest BCUT2D eigenvalue weighted by atomic mass is 32.3. The van der Waals surface area contributed by atoms with E-state index in [0.717, 1.165) is 12.8 Å². The molecule has 0 unspecified atom stereocenters. The molecule has 0 heterocycles. The Morgan fingerprint density at radius 1 is 0.545 bits per heavy atom. The first-order valence-electron chi connectivity index (χ1n) is 14.2. The van der Waals surface area contributed by atoms with Crippen LogP contribution in [0.5, 0.6) is 0 Å². The highest BCUT2D eigenvalue weighted by Crippen LogP contribution is 2.12. The first-order valence-corrected chi connectivity index (χ1v) is 15.6. The van der Waals surface area contributed by atoms with Crippen molar-refractivity contribution in [3.8, 4) is 0 Å². The SMILES string of the molecule is CCCCCCCCCCCCCCOS(=O)(=O)O.CCCCCCCCCCCCNC. The molecule has 0 rings (SSSR count). The summed E-state index contributed by atoms with van der Waals surface area (Å²) in [5, 5.41) is 3.19. The Labute approximate surface area is 208 Å². The first-order chi connectivity index (χ1) is 16.0. The van der Waals surface area contributed by atoms with E-state index in [4.69, 9.17) is 4.55 Å². The summed E-state index contributed by atoms with van der Waals surface area (Å²) < 4.78 is 33.1. The van der Waals surface area contributed by atoms with Gasteiger partial charge in [-0.05, 0) is 26.4 Å². The summed E-state index contributed by atoms with van der Waals surface area (Å²) in [6, 6.07) is 0. The van der Waals surface area contributed by atoms with Gasteiger partial charge in [0.1, 0.15) is 0 Å². The van der Waals surface area contributed by atoms with E-state index in [1.54, 1.807) is 0 Å². The summed E-state index contributed by atoms with van der Waals surface area (Å²) in [4.78, 5) is 0. The Balaban J connectivity index is 0. The predicted molar refractivity (Wildman–Crippen MR) is 144 cm³/mol. The van der Waals surface area contributed by atoms with Gasteiger partial charge in [0.15, 0.2) is 0 Å². The van der Waals surface area contributed by atoms with Crippen LogP contribution in [0.25, 0.3) is 0 Å². The van der Waals surface area contributed by atoms with Gasteiger partial charge in [-0.25, -0.2) is 4.18 Å². The van der Waals surface area contributed by atoms with E-state index in [0.29, 0.717) is 6.42 Å². The fourth-order valence-electron chi connectivity index (χ4n) is 3.90. The van der Waals surface area contributed by atoms with E-state index in [1.807, 2.05) is 7.05 Å². The summed E-state index contributed by atoms with van der Waals surface area (Å²) in [5.74, 6) is 0. The van der Waals surface area contributed by atoms with Gasteiger partial charge < -0.3 is 5.32 Å². The number of rotatable bonds is 25. The molecule has 0 aliphatic carbocycles. The van der Waals surface area contributed by atoms with Gasteiger partial charge in [-0.3, -0.25) is 4.55 Å². The zero-order valence-electron chi connectivity index (χ0n) is 22.6. The topological polar surface area (TPSA) is 75.6 Å². The number of hydrogen-bond acceptors (Lipinski definition) is 4. The van der Waals surface area contributed by atoms with E-state index in [9.17, 15) is 8.42 Å². The van der Waals surface area contributed by atoms with Crippen LogP contribution in [0.1, 0.15) is 155 Å². The molecule has 6 heteroatoms. The molecule has 0 aromatic rings. The zero-order valence-corrected chi connectivity index (χ0v) is 23.4. The molecule has 0 aliphatic rings. The molecule has 0 aliphatic heterocycles. The second-order valence-corrected chi connectivity index (χ2v) is 10.5. The molecule has 0 aromatic heterocycles. The maximum Gasteiger partial charge on any atom is 0.397 e. The van der Waals surface area contributed by atoms with Crippen LogP contribution in [0.15, 0.2) is 0 Å². The van der Waals surface area contributed by atoms with Crippen LogP contribution >= 0.6 is 0 Å². The Hall–Kier alpha value is -0.170. The minimum atomic E-state index is -4.24. The van der Waals surface area contributed by atoms with Gasteiger partial charge in [-0.15, -0.1) is 0 Å². The molecule has 2 N–H and O–H groups in total. The van der Waals surface area contributed by atoms with Crippen molar-refractivity contribution in [2.24, 2.45) is 0 Å². The normalized spacial score (nSPS) is 11.4. The molecule has 0 bridgehead atoms. The molecule has 33 heavy (non-hydrogen) atoms. The summed E-state index contributed by atoms with van der Waals surface area (Å²) in [6.45, 7) is 5.80. The molecular weight excluding hydrogens is 434 g/mol.